The average Bonchev–Trinajstić information content (AvgIpc) is 2.63. The molecule has 0 unspecified atom stereocenters. The van der Waals surface area contributed by atoms with E-state index in [-0.39, 0.29) is 5.63 Å². The van der Waals surface area contributed by atoms with Crippen molar-refractivity contribution in [1.82, 2.24) is 4.98 Å². The summed E-state index contributed by atoms with van der Waals surface area (Å²) in [6.45, 7) is 1.93. The molecule has 1 aromatic carbocycles. The lowest BCUT2D eigenvalue weighted by Crippen LogP contribution is -1.98. The van der Waals surface area contributed by atoms with Gasteiger partial charge in [0.15, 0.2) is 0 Å². The van der Waals surface area contributed by atoms with Crippen molar-refractivity contribution in [1.29, 1.82) is 0 Å². The van der Waals surface area contributed by atoms with E-state index in [2.05, 4.69) is 20.9 Å². The highest BCUT2D eigenvalue weighted by atomic mass is 79.9. The van der Waals surface area contributed by atoms with Crippen LogP contribution in [-0.2, 0) is 0 Å². The molecular weight excluding hydrogens is 270 g/mol. The number of aryl methyl sites for hydroxylation is 1. The molecule has 0 atom stereocenters. The van der Waals surface area contributed by atoms with Crippen molar-refractivity contribution in [2.45, 2.75) is 6.92 Å². The highest BCUT2D eigenvalue weighted by molar-refractivity contribution is 9.10. The van der Waals surface area contributed by atoms with E-state index in [1.165, 1.54) is 6.26 Å². The average molecular weight is 278 g/mol. The van der Waals surface area contributed by atoms with Gasteiger partial charge in [0.1, 0.15) is 5.52 Å². The Hall–Kier alpha value is -1.55. The molecule has 0 radical (unpaired) electrons. The summed E-state index contributed by atoms with van der Waals surface area (Å²) in [4.78, 5) is 14.7. The second kappa shape index (κ2) is 3.22. The van der Waals surface area contributed by atoms with E-state index >= 15 is 0 Å². The van der Waals surface area contributed by atoms with E-state index in [9.17, 15) is 4.79 Å². The Morgan fingerprint density at radius 1 is 1.38 bits per heavy atom. The maximum Gasteiger partial charge on any atom is 0.360 e. The summed E-state index contributed by atoms with van der Waals surface area (Å²) in [6.07, 6.45) is 1.50. The maximum absolute atomic E-state index is 11.6. The quantitative estimate of drug-likeness (QED) is 0.685. The van der Waals surface area contributed by atoms with Crippen molar-refractivity contribution in [2.75, 3.05) is 0 Å². The van der Waals surface area contributed by atoms with Crippen LogP contribution in [0.5, 0.6) is 0 Å². The zero-order valence-corrected chi connectivity index (χ0v) is 10.1. The Kier molecular flexibility index (Phi) is 1.94. The molecule has 0 aliphatic carbocycles. The van der Waals surface area contributed by atoms with E-state index < -0.39 is 0 Å². The fraction of sp³-hybridized carbons (Fsp3) is 0.0833. The Morgan fingerprint density at radius 2 is 2.19 bits per heavy atom. The van der Waals surface area contributed by atoms with Crippen LogP contribution in [0.3, 0.4) is 0 Å². The fourth-order valence-electron chi connectivity index (χ4n) is 1.99. The predicted molar refractivity (Wildman–Crippen MR) is 66.8 cm³/mol. The number of halogens is 1. The molecule has 3 nitrogen and oxygen atoms in total. The van der Waals surface area contributed by atoms with Gasteiger partial charge in [-0.3, -0.25) is 0 Å². The highest BCUT2D eigenvalue weighted by Gasteiger charge is 2.10. The molecule has 0 spiro atoms. The number of nitrogens with one attached hydrogen (secondary N) is 1. The van der Waals surface area contributed by atoms with Crippen LogP contribution >= 0.6 is 15.9 Å². The second-order valence-corrected chi connectivity index (χ2v) is 4.69. The molecule has 0 bridgehead atoms. The van der Waals surface area contributed by atoms with Crippen molar-refractivity contribution in [3.8, 4) is 0 Å². The Morgan fingerprint density at radius 3 is 3.00 bits per heavy atom. The van der Waals surface area contributed by atoms with E-state index in [0.29, 0.717) is 5.52 Å². The number of hydrogen-bond donors (Lipinski definition) is 1. The molecule has 80 valence electrons. The smallest absolute Gasteiger partial charge is 0.360 e. The van der Waals surface area contributed by atoms with E-state index in [1.54, 1.807) is 0 Å². The van der Waals surface area contributed by atoms with Crippen molar-refractivity contribution in [2.24, 2.45) is 0 Å². The third kappa shape index (κ3) is 1.23. The van der Waals surface area contributed by atoms with Gasteiger partial charge in [-0.05, 0) is 30.7 Å². The van der Waals surface area contributed by atoms with Gasteiger partial charge in [0, 0.05) is 20.8 Å². The molecule has 0 aliphatic rings. The van der Waals surface area contributed by atoms with Crippen LogP contribution in [0.4, 0.5) is 0 Å². The van der Waals surface area contributed by atoms with Gasteiger partial charge >= 0.3 is 5.63 Å². The van der Waals surface area contributed by atoms with Gasteiger partial charge in [0.05, 0.1) is 6.26 Å². The first kappa shape index (κ1) is 9.66. The minimum atomic E-state index is -0.326. The molecule has 0 saturated heterocycles. The number of benzene rings is 1. The normalized spacial score (nSPS) is 11.4. The molecule has 2 heterocycles. The van der Waals surface area contributed by atoms with Crippen LogP contribution in [0, 0.1) is 6.92 Å². The van der Waals surface area contributed by atoms with Gasteiger partial charge in [-0.25, -0.2) is 4.79 Å². The lowest BCUT2D eigenvalue weighted by Gasteiger charge is -1.95. The summed E-state index contributed by atoms with van der Waals surface area (Å²) in [5.74, 6) is 0. The molecule has 16 heavy (non-hydrogen) atoms. The number of aromatic amines is 1. The predicted octanol–water partition coefficient (Wildman–Crippen LogP) is 3.35. The van der Waals surface area contributed by atoms with Crippen LogP contribution in [0.1, 0.15) is 5.56 Å². The first-order chi connectivity index (χ1) is 7.66. The van der Waals surface area contributed by atoms with Gasteiger partial charge in [-0.2, -0.15) is 0 Å². The van der Waals surface area contributed by atoms with Crippen molar-refractivity contribution >= 4 is 37.7 Å². The lowest BCUT2D eigenvalue weighted by atomic mass is 10.1. The molecule has 1 N–H and O–H groups in total. The summed E-state index contributed by atoms with van der Waals surface area (Å²) in [5, 5.41) is 1.97. The Labute approximate surface area is 99.2 Å². The van der Waals surface area contributed by atoms with Crippen LogP contribution in [-0.4, -0.2) is 4.98 Å². The first-order valence-corrected chi connectivity index (χ1v) is 5.65. The van der Waals surface area contributed by atoms with Crippen LogP contribution in [0.15, 0.2) is 38.1 Å². The highest BCUT2D eigenvalue weighted by Crippen LogP contribution is 2.28. The summed E-state index contributed by atoms with van der Waals surface area (Å²) >= 11 is 3.43. The van der Waals surface area contributed by atoms with E-state index in [0.717, 1.165) is 26.3 Å². The van der Waals surface area contributed by atoms with Gasteiger partial charge in [-0.1, -0.05) is 15.9 Å². The number of aromatic nitrogens is 1. The molecule has 0 fully saturated rings. The largest absolute Gasteiger partial charge is 0.430 e. The standard InChI is InChI=1S/C12H8BrNO2/c1-6-5-16-12(15)11-10(6)8-4-7(13)2-3-9(8)14-11/h2-5,14H,1H3. The van der Waals surface area contributed by atoms with Gasteiger partial charge < -0.3 is 9.40 Å². The minimum absolute atomic E-state index is 0.326. The SMILES string of the molecule is Cc1coc(=O)c2[nH]c3ccc(Br)cc3c12. The molecule has 0 saturated carbocycles. The van der Waals surface area contributed by atoms with E-state index in [4.69, 9.17) is 4.42 Å². The van der Waals surface area contributed by atoms with Crippen molar-refractivity contribution in [3.05, 3.63) is 44.9 Å². The number of H-pyrrole nitrogens is 1. The molecular formula is C12H8BrNO2. The van der Waals surface area contributed by atoms with Crippen molar-refractivity contribution < 1.29 is 4.42 Å². The Balaban J connectivity index is 2.67. The minimum Gasteiger partial charge on any atom is -0.430 e. The Bertz CT molecular complexity index is 755. The molecule has 3 rings (SSSR count). The van der Waals surface area contributed by atoms with Crippen molar-refractivity contribution in [3.63, 3.8) is 0 Å². The van der Waals surface area contributed by atoms with Gasteiger partial charge in [-0.15, -0.1) is 0 Å². The third-order valence-electron chi connectivity index (χ3n) is 2.70. The maximum atomic E-state index is 11.6. The molecule has 4 heteroatoms. The molecule has 2 aromatic heterocycles. The van der Waals surface area contributed by atoms with Gasteiger partial charge in [0.25, 0.3) is 0 Å². The summed E-state index contributed by atoms with van der Waals surface area (Å²) in [7, 11) is 0. The number of fused-ring (bicyclic) bond motifs is 3. The summed E-state index contributed by atoms with van der Waals surface area (Å²) in [6, 6.07) is 5.88. The molecule has 3 aromatic rings. The zero-order chi connectivity index (χ0) is 11.3. The fourth-order valence-corrected chi connectivity index (χ4v) is 2.35. The first-order valence-electron chi connectivity index (χ1n) is 4.86. The third-order valence-corrected chi connectivity index (χ3v) is 3.20. The van der Waals surface area contributed by atoms with Crippen LogP contribution in [0.25, 0.3) is 21.8 Å². The molecule has 0 aliphatic heterocycles. The summed E-state index contributed by atoms with van der Waals surface area (Å²) in [5.41, 5.74) is 2.11. The van der Waals surface area contributed by atoms with E-state index in [1.807, 2.05) is 25.1 Å². The van der Waals surface area contributed by atoms with Gasteiger partial charge in [0.2, 0.25) is 0 Å². The zero-order valence-electron chi connectivity index (χ0n) is 8.50. The lowest BCUT2D eigenvalue weighted by molar-refractivity contribution is 0.515. The summed E-state index contributed by atoms with van der Waals surface area (Å²) < 4.78 is 5.93. The number of rotatable bonds is 0. The van der Waals surface area contributed by atoms with Crippen LogP contribution in [0.2, 0.25) is 0 Å². The monoisotopic (exact) mass is 277 g/mol. The topological polar surface area (TPSA) is 46.0 Å². The molecule has 0 amide bonds. The second-order valence-electron chi connectivity index (χ2n) is 3.77. The van der Waals surface area contributed by atoms with Crippen LogP contribution < -0.4 is 5.63 Å². The number of hydrogen-bond acceptors (Lipinski definition) is 2.